The number of nitrogens with one attached hydrogen (secondary N) is 3. The zero-order valence-corrected chi connectivity index (χ0v) is 16.5. The van der Waals surface area contributed by atoms with Crippen LogP contribution in [0.1, 0.15) is 31.4 Å². The molecule has 0 fully saturated rings. The molecule has 2 rings (SSSR count). The van der Waals surface area contributed by atoms with Crippen molar-refractivity contribution in [2.24, 2.45) is 10.9 Å². The molecule has 0 aromatic heterocycles. The van der Waals surface area contributed by atoms with E-state index in [1.165, 1.54) is 5.56 Å². The molecule has 0 atom stereocenters. The molecule has 144 valence electrons. The highest BCUT2D eigenvalue weighted by Crippen LogP contribution is 2.12. The van der Waals surface area contributed by atoms with E-state index in [1.54, 1.807) is 7.05 Å². The molecule has 0 heterocycles. The van der Waals surface area contributed by atoms with E-state index in [9.17, 15) is 4.79 Å². The molecule has 0 spiro atoms. The second-order valence-electron chi connectivity index (χ2n) is 6.93. The summed E-state index contributed by atoms with van der Waals surface area (Å²) in [4.78, 5) is 16.2. The van der Waals surface area contributed by atoms with Gasteiger partial charge in [0.25, 0.3) is 0 Å². The van der Waals surface area contributed by atoms with Crippen molar-refractivity contribution in [1.82, 2.24) is 10.6 Å². The first-order chi connectivity index (χ1) is 13.1. The molecule has 0 aliphatic rings. The molecular weight excluding hydrogens is 336 g/mol. The average molecular weight is 367 g/mol. The van der Waals surface area contributed by atoms with Gasteiger partial charge in [0.1, 0.15) is 0 Å². The number of amides is 1. The maximum atomic E-state index is 11.9. The minimum atomic E-state index is 0.0495. The van der Waals surface area contributed by atoms with Gasteiger partial charge >= 0.3 is 0 Å². The summed E-state index contributed by atoms with van der Waals surface area (Å²) in [5, 5.41) is 9.59. The van der Waals surface area contributed by atoms with Gasteiger partial charge in [0.05, 0.1) is 0 Å². The van der Waals surface area contributed by atoms with Crippen LogP contribution in [-0.4, -0.2) is 25.5 Å². The van der Waals surface area contributed by atoms with Gasteiger partial charge in [0, 0.05) is 32.2 Å². The first kappa shape index (κ1) is 20.5. The van der Waals surface area contributed by atoms with Gasteiger partial charge in [0.2, 0.25) is 5.91 Å². The molecule has 0 aliphatic heterocycles. The van der Waals surface area contributed by atoms with Crippen LogP contribution >= 0.6 is 0 Å². The summed E-state index contributed by atoms with van der Waals surface area (Å²) >= 11 is 0. The molecule has 2 aromatic carbocycles. The predicted molar refractivity (Wildman–Crippen MR) is 113 cm³/mol. The summed E-state index contributed by atoms with van der Waals surface area (Å²) < 4.78 is 0. The van der Waals surface area contributed by atoms with Crippen molar-refractivity contribution >= 4 is 17.6 Å². The van der Waals surface area contributed by atoms with Crippen molar-refractivity contribution in [3.8, 4) is 0 Å². The van der Waals surface area contributed by atoms with Gasteiger partial charge < -0.3 is 16.0 Å². The lowest BCUT2D eigenvalue weighted by atomic mass is 10.1. The smallest absolute Gasteiger partial charge is 0.224 e. The maximum Gasteiger partial charge on any atom is 0.224 e. The van der Waals surface area contributed by atoms with Crippen LogP contribution in [0.4, 0.5) is 5.69 Å². The van der Waals surface area contributed by atoms with E-state index in [0.29, 0.717) is 18.9 Å². The Balaban J connectivity index is 1.80. The molecule has 0 saturated heterocycles. The van der Waals surface area contributed by atoms with Gasteiger partial charge in [-0.1, -0.05) is 56.3 Å². The third-order valence-electron chi connectivity index (χ3n) is 4.04. The second kappa shape index (κ2) is 11.0. The minimum Gasteiger partial charge on any atom is -0.356 e. The summed E-state index contributed by atoms with van der Waals surface area (Å²) in [7, 11) is 1.76. The quantitative estimate of drug-likeness (QED) is 0.494. The number of carbonyl (C=O) groups is 1. The minimum absolute atomic E-state index is 0.0495. The van der Waals surface area contributed by atoms with Crippen molar-refractivity contribution in [2.45, 2.75) is 33.2 Å². The highest BCUT2D eigenvalue weighted by atomic mass is 16.1. The van der Waals surface area contributed by atoms with E-state index >= 15 is 0 Å². The second-order valence-corrected chi connectivity index (χ2v) is 6.93. The van der Waals surface area contributed by atoms with Gasteiger partial charge in [-0.15, -0.1) is 0 Å². The Morgan fingerprint density at radius 3 is 2.44 bits per heavy atom. The summed E-state index contributed by atoms with van der Waals surface area (Å²) in [6, 6.07) is 18.3. The Labute approximate surface area is 162 Å². The number of rotatable bonds is 8. The third kappa shape index (κ3) is 7.94. The highest BCUT2D eigenvalue weighted by molar-refractivity contribution is 5.90. The molecule has 0 radical (unpaired) electrons. The van der Waals surface area contributed by atoms with Crippen molar-refractivity contribution in [1.29, 1.82) is 0 Å². The Morgan fingerprint density at radius 2 is 1.74 bits per heavy atom. The molecule has 1 amide bonds. The standard InChI is InChI=1S/C22H30N4O/c1-17(2)14-21(27)26-20-11-7-10-19(15-20)16-25-22(23-3)24-13-12-18-8-5-4-6-9-18/h4-11,15,17H,12-14,16H2,1-3H3,(H,26,27)(H2,23,24,25). The molecule has 0 bridgehead atoms. The lowest BCUT2D eigenvalue weighted by molar-refractivity contribution is -0.116. The molecule has 0 aliphatic carbocycles. The fraction of sp³-hybridized carbons (Fsp3) is 0.364. The highest BCUT2D eigenvalue weighted by Gasteiger charge is 2.06. The molecule has 0 saturated carbocycles. The number of hydrogen-bond acceptors (Lipinski definition) is 2. The topological polar surface area (TPSA) is 65.5 Å². The van der Waals surface area contributed by atoms with Gasteiger partial charge in [-0.3, -0.25) is 9.79 Å². The van der Waals surface area contributed by atoms with Crippen LogP contribution < -0.4 is 16.0 Å². The molecule has 5 nitrogen and oxygen atoms in total. The van der Waals surface area contributed by atoms with E-state index < -0.39 is 0 Å². The Bertz CT molecular complexity index is 741. The molecule has 3 N–H and O–H groups in total. The van der Waals surface area contributed by atoms with Crippen LogP contribution in [0.15, 0.2) is 59.6 Å². The predicted octanol–water partition coefficient (Wildman–Crippen LogP) is 3.58. The van der Waals surface area contributed by atoms with Crippen LogP contribution in [0.3, 0.4) is 0 Å². The molecular formula is C22H30N4O. The van der Waals surface area contributed by atoms with Crippen LogP contribution in [0.2, 0.25) is 0 Å². The van der Waals surface area contributed by atoms with Gasteiger partial charge in [-0.25, -0.2) is 0 Å². The summed E-state index contributed by atoms with van der Waals surface area (Å²) in [6.45, 7) is 5.53. The van der Waals surface area contributed by atoms with Crippen molar-refractivity contribution in [3.05, 3.63) is 65.7 Å². The van der Waals surface area contributed by atoms with Gasteiger partial charge in [0.15, 0.2) is 5.96 Å². The monoisotopic (exact) mass is 366 g/mol. The number of carbonyl (C=O) groups excluding carboxylic acids is 1. The van der Waals surface area contributed by atoms with E-state index in [2.05, 4.69) is 45.2 Å². The molecule has 0 unspecified atom stereocenters. The number of benzene rings is 2. The Morgan fingerprint density at radius 1 is 1.00 bits per heavy atom. The average Bonchev–Trinajstić information content (AvgIpc) is 2.65. The van der Waals surface area contributed by atoms with Crippen LogP contribution in [0.5, 0.6) is 0 Å². The number of aliphatic imine (C=N–C) groups is 1. The largest absolute Gasteiger partial charge is 0.356 e. The van der Waals surface area contributed by atoms with E-state index in [4.69, 9.17) is 0 Å². The lowest BCUT2D eigenvalue weighted by Gasteiger charge is -2.13. The molecule has 5 heteroatoms. The number of hydrogen-bond donors (Lipinski definition) is 3. The third-order valence-corrected chi connectivity index (χ3v) is 4.04. The molecule has 2 aromatic rings. The van der Waals surface area contributed by atoms with Crippen LogP contribution in [0.25, 0.3) is 0 Å². The van der Waals surface area contributed by atoms with E-state index in [1.807, 2.05) is 44.2 Å². The Hall–Kier alpha value is -2.82. The Kier molecular flexibility index (Phi) is 8.36. The normalized spacial score (nSPS) is 11.3. The summed E-state index contributed by atoms with van der Waals surface area (Å²) in [5.41, 5.74) is 3.21. The number of anilines is 1. The SMILES string of the molecule is CN=C(NCCc1ccccc1)NCc1cccc(NC(=O)CC(C)C)c1. The number of nitrogens with zero attached hydrogens (tertiary/aromatic N) is 1. The van der Waals surface area contributed by atoms with Crippen LogP contribution in [-0.2, 0) is 17.8 Å². The van der Waals surface area contributed by atoms with Crippen molar-refractivity contribution in [2.75, 3.05) is 18.9 Å². The summed E-state index contributed by atoms with van der Waals surface area (Å²) in [6.07, 6.45) is 1.47. The molecule has 27 heavy (non-hydrogen) atoms. The van der Waals surface area contributed by atoms with Gasteiger partial charge in [-0.2, -0.15) is 0 Å². The lowest BCUT2D eigenvalue weighted by Crippen LogP contribution is -2.37. The zero-order valence-electron chi connectivity index (χ0n) is 16.5. The first-order valence-electron chi connectivity index (χ1n) is 9.44. The van der Waals surface area contributed by atoms with E-state index in [0.717, 1.165) is 30.2 Å². The zero-order chi connectivity index (χ0) is 19.5. The first-order valence-corrected chi connectivity index (χ1v) is 9.44. The number of guanidine groups is 1. The van der Waals surface area contributed by atoms with Gasteiger partial charge in [-0.05, 0) is 35.6 Å². The van der Waals surface area contributed by atoms with Crippen molar-refractivity contribution < 1.29 is 4.79 Å². The fourth-order valence-electron chi connectivity index (χ4n) is 2.72. The summed E-state index contributed by atoms with van der Waals surface area (Å²) in [5.74, 6) is 1.16. The van der Waals surface area contributed by atoms with Crippen molar-refractivity contribution in [3.63, 3.8) is 0 Å². The fourth-order valence-corrected chi connectivity index (χ4v) is 2.72. The van der Waals surface area contributed by atoms with E-state index in [-0.39, 0.29) is 5.91 Å². The van der Waals surface area contributed by atoms with Crippen LogP contribution in [0, 0.1) is 5.92 Å². The maximum absolute atomic E-state index is 11.9.